The van der Waals surface area contributed by atoms with Crippen molar-refractivity contribution in [2.45, 2.75) is 20.8 Å². The molecule has 0 saturated heterocycles. The quantitative estimate of drug-likeness (QED) is 0.801. The van der Waals surface area contributed by atoms with Crippen LogP contribution in [0.3, 0.4) is 0 Å². The van der Waals surface area contributed by atoms with Crippen LogP contribution in [0.4, 0.5) is 0 Å². The van der Waals surface area contributed by atoms with Gasteiger partial charge in [-0.05, 0) is 50.1 Å². The molecule has 0 fully saturated rings. The molecule has 120 valence electrons. The molecule has 0 spiro atoms. The van der Waals surface area contributed by atoms with Gasteiger partial charge in [-0.3, -0.25) is 4.79 Å². The van der Waals surface area contributed by atoms with Crippen molar-refractivity contribution in [3.05, 3.63) is 58.7 Å². The van der Waals surface area contributed by atoms with E-state index >= 15 is 0 Å². The van der Waals surface area contributed by atoms with Gasteiger partial charge in [0.25, 0.3) is 0 Å². The first kappa shape index (κ1) is 18.2. The minimum absolute atomic E-state index is 0.0632. The molecule has 0 atom stereocenters. The highest BCUT2D eigenvalue weighted by Gasteiger charge is 2.02. The number of aryl methyl sites for hydroxylation is 2. The average molecular weight is 311 g/mol. The van der Waals surface area contributed by atoms with E-state index < -0.39 is 0 Å². The van der Waals surface area contributed by atoms with Gasteiger partial charge < -0.3 is 9.47 Å². The molecule has 4 heteroatoms. The third-order valence-corrected chi connectivity index (χ3v) is 3.35. The average Bonchev–Trinajstić information content (AvgIpc) is 2.56. The first-order chi connectivity index (χ1) is 10.9. The van der Waals surface area contributed by atoms with Crippen LogP contribution in [-0.2, 0) is 0 Å². The van der Waals surface area contributed by atoms with Gasteiger partial charge >= 0.3 is 0 Å². The van der Waals surface area contributed by atoms with E-state index in [1.807, 2.05) is 32.0 Å². The van der Waals surface area contributed by atoms with E-state index in [1.54, 1.807) is 45.4 Å². The Morgan fingerprint density at radius 2 is 1.48 bits per heavy atom. The Kier molecular flexibility index (Phi) is 6.82. The Balaban J connectivity index is 0.000000231. The zero-order chi connectivity index (χ0) is 17.4. The van der Waals surface area contributed by atoms with Crippen LogP contribution in [0.25, 0.3) is 0 Å². The second-order valence-electron chi connectivity index (χ2n) is 5.04. The van der Waals surface area contributed by atoms with Crippen molar-refractivity contribution in [1.29, 1.82) is 5.26 Å². The number of ketones is 1. The standard InChI is InChI=1S/C10H12O2.C9H9NO/c1-7-4-5-9(8(2)11)6-10(7)12-3;1-7-3-4-8(6-10)5-9(7)11-2/h4-6H,1-3H3;3-5H,1-2H3. The monoisotopic (exact) mass is 311 g/mol. The molecule has 0 aliphatic carbocycles. The van der Waals surface area contributed by atoms with Crippen molar-refractivity contribution in [3.63, 3.8) is 0 Å². The van der Waals surface area contributed by atoms with E-state index in [9.17, 15) is 4.79 Å². The molecule has 2 aromatic carbocycles. The molecule has 0 aromatic heterocycles. The Morgan fingerprint density at radius 1 is 0.957 bits per heavy atom. The second kappa shape index (κ2) is 8.60. The lowest BCUT2D eigenvalue weighted by atomic mass is 10.1. The van der Waals surface area contributed by atoms with E-state index in [0.717, 1.165) is 22.6 Å². The van der Waals surface area contributed by atoms with Crippen LogP contribution < -0.4 is 9.47 Å². The van der Waals surface area contributed by atoms with Gasteiger partial charge in [0.05, 0.1) is 25.9 Å². The normalized spacial score (nSPS) is 9.22. The number of hydrogen-bond donors (Lipinski definition) is 0. The Bertz CT molecular complexity index is 730. The molecule has 0 aliphatic rings. The van der Waals surface area contributed by atoms with Gasteiger partial charge in [0, 0.05) is 5.56 Å². The summed E-state index contributed by atoms with van der Waals surface area (Å²) in [6.45, 7) is 5.44. The fraction of sp³-hybridized carbons (Fsp3) is 0.263. The Hall–Kier alpha value is -2.80. The lowest BCUT2D eigenvalue weighted by Crippen LogP contribution is -1.94. The van der Waals surface area contributed by atoms with Gasteiger partial charge in [0.1, 0.15) is 11.5 Å². The van der Waals surface area contributed by atoms with Crippen molar-refractivity contribution in [3.8, 4) is 17.6 Å². The molecule has 0 aliphatic heterocycles. The highest BCUT2D eigenvalue weighted by molar-refractivity contribution is 5.94. The number of hydrogen-bond acceptors (Lipinski definition) is 4. The molecule has 23 heavy (non-hydrogen) atoms. The van der Waals surface area contributed by atoms with Crippen LogP contribution in [0, 0.1) is 25.2 Å². The maximum Gasteiger partial charge on any atom is 0.159 e. The highest BCUT2D eigenvalue weighted by Crippen LogP contribution is 2.19. The van der Waals surface area contributed by atoms with Crippen molar-refractivity contribution in [2.75, 3.05) is 14.2 Å². The number of nitriles is 1. The summed E-state index contributed by atoms with van der Waals surface area (Å²) in [5.74, 6) is 1.60. The molecule has 0 N–H and O–H groups in total. The smallest absolute Gasteiger partial charge is 0.159 e. The number of carbonyl (C=O) groups is 1. The summed E-state index contributed by atoms with van der Waals surface area (Å²) in [7, 11) is 3.20. The topological polar surface area (TPSA) is 59.3 Å². The third-order valence-electron chi connectivity index (χ3n) is 3.35. The largest absolute Gasteiger partial charge is 0.496 e. The van der Waals surface area contributed by atoms with Crippen LogP contribution in [-0.4, -0.2) is 20.0 Å². The summed E-state index contributed by atoms with van der Waals surface area (Å²) < 4.78 is 10.1. The molecule has 0 bridgehead atoms. The Morgan fingerprint density at radius 3 is 1.96 bits per heavy atom. The number of nitrogens with zero attached hydrogens (tertiary/aromatic N) is 1. The summed E-state index contributed by atoms with van der Waals surface area (Å²) in [6, 6.07) is 12.9. The van der Waals surface area contributed by atoms with Crippen LogP contribution in [0.1, 0.15) is 34.0 Å². The van der Waals surface area contributed by atoms with E-state index in [1.165, 1.54) is 0 Å². The molecule has 0 unspecified atom stereocenters. The summed E-state index contributed by atoms with van der Waals surface area (Å²) in [5, 5.41) is 8.54. The number of carbonyl (C=O) groups excluding carboxylic acids is 1. The van der Waals surface area contributed by atoms with E-state index in [2.05, 4.69) is 0 Å². The fourth-order valence-electron chi connectivity index (χ4n) is 1.93. The van der Waals surface area contributed by atoms with E-state index in [-0.39, 0.29) is 5.78 Å². The lowest BCUT2D eigenvalue weighted by molar-refractivity contribution is 0.101. The van der Waals surface area contributed by atoms with Crippen molar-refractivity contribution >= 4 is 5.78 Å². The van der Waals surface area contributed by atoms with Crippen molar-refractivity contribution < 1.29 is 14.3 Å². The second-order valence-corrected chi connectivity index (χ2v) is 5.04. The number of Topliss-reactive ketones (excluding diaryl/α,β-unsaturated/α-hetero) is 1. The lowest BCUT2D eigenvalue weighted by Gasteiger charge is -2.04. The third kappa shape index (κ3) is 5.15. The van der Waals surface area contributed by atoms with Gasteiger partial charge in [-0.1, -0.05) is 18.2 Å². The first-order valence-electron chi connectivity index (χ1n) is 7.13. The van der Waals surface area contributed by atoms with Crippen LogP contribution in [0.5, 0.6) is 11.5 Å². The summed E-state index contributed by atoms with van der Waals surface area (Å²) in [4.78, 5) is 11.0. The van der Waals surface area contributed by atoms with E-state index in [0.29, 0.717) is 11.1 Å². The Labute approximate surface area is 137 Å². The first-order valence-corrected chi connectivity index (χ1v) is 7.13. The molecule has 0 heterocycles. The van der Waals surface area contributed by atoms with Gasteiger partial charge in [-0.25, -0.2) is 0 Å². The van der Waals surface area contributed by atoms with Gasteiger partial charge in [-0.2, -0.15) is 5.26 Å². The molecule has 4 nitrogen and oxygen atoms in total. The predicted molar refractivity (Wildman–Crippen MR) is 90.2 cm³/mol. The molecule has 2 aromatic rings. The summed E-state index contributed by atoms with van der Waals surface area (Å²) in [5.41, 5.74) is 3.42. The molecular weight excluding hydrogens is 290 g/mol. The van der Waals surface area contributed by atoms with Gasteiger partial charge in [0.15, 0.2) is 5.78 Å². The molecule has 0 amide bonds. The molecule has 2 rings (SSSR count). The van der Waals surface area contributed by atoms with Crippen molar-refractivity contribution in [1.82, 2.24) is 0 Å². The maximum atomic E-state index is 11.0. The fourth-order valence-corrected chi connectivity index (χ4v) is 1.93. The predicted octanol–water partition coefficient (Wildman–Crippen LogP) is 4.08. The van der Waals surface area contributed by atoms with Gasteiger partial charge in [0.2, 0.25) is 0 Å². The number of methoxy groups -OCH3 is 2. The highest BCUT2D eigenvalue weighted by atomic mass is 16.5. The summed E-state index contributed by atoms with van der Waals surface area (Å²) in [6.07, 6.45) is 0. The number of ether oxygens (including phenoxy) is 2. The molecule has 0 radical (unpaired) electrons. The SMILES string of the molecule is COc1cc(C#N)ccc1C.COc1cc(C(C)=O)ccc1C. The van der Waals surface area contributed by atoms with Crippen LogP contribution >= 0.6 is 0 Å². The zero-order valence-electron chi connectivity index (χ0n) is 14.1. The molecule has 0 saturated carbocycles. The minimum atomic E-state index is 0.0632. The number of rotatable bonds is 3. The minimum Gasteiger partial charge on any atom is -0.496 e. The zero-order valence-corrected chi connectivity index (χ0v) is 14.1. The van der Waals surface area contributed by atoms with Gasteiger partial charge in [-0.15, -0.1) is 0 Å². The summed E-state index contributed by atoms with van der Waals surface area (Å²) >= 11 is 0. The number of benzene rings is 2. The maximum absolute atomic E-state index is 11.0. The molecular formula is C19H21NO3. The van der Waals surface area contributed by atoms with E-state index in [4.69, 9.17) is 14.7 Å². The van der Waals surface area contributed by atoms with Crippen LogP contribution in [0.15, 0.2) is 36.4 Å². The van der Waals surface area contributed by atoms with Crippen molar-refractivity contribution in [2.24, 2.45) is 0 Å². The van der Waals surface area contributed by atoms with Crippen LogP contribution in [0.2, 0.25) is 0 Å².